The van der Waals surface area contributed by atoms with Crippen LogP contribution < -0.4 is 14.4 Å². The summed E-state index contributed by atoms with van der Waals surface area (Å²) in [5.74, 6) is 1.23. The molecule has 0 radical (unpaired) electrons. The molecule has 0 saturated carbocycles. The number of benzene rings is 3. The standard InChI is InChI=1S/C50H63F4N5O5Si/c1-29(2)65(30(3)4,31(5)6)19-16-37-40(52)15-12-32-20-36(63-28-61-10)21-38(42(32)37)43-41(53)22-39-45(44(43)54)55-47(62-27-50-17-11-18-58(50)24-33(51)23-50)56-46(39)57-25-34-13-14-35(26-57)59(34)48(60)64-49(7,8)9/h12,15,20-22,29-31,33-35H,11,13-14,17-18,23-28H2,1-10H3/t33-,34-,35+,50+/m1/s1. The molecule has 10 nitrogen and oxygen atoms in total. The van der Waals surface area contributed by atoms with E-state index < -0.39 is 54.5 Å². The summed E-state index contributed by atoms with van der Waals surface area (Å²) in [6.45, 7) is 20.1. The number of nitrogens with zero attached hydrogens (tertiary/aromatic N) is 5. The molecule has 2 bridgehead atoms. The number of rotatable bonds is 11. The van der Waals surface area contributed by atoms with Crippen LogP contribution in [-0.2, 0) is 9.47 Å². The fourth-order valence-electron chi connectivity index (χ4n) is 11.6. The first-order valence-electron chi connectivity index (χ1n) is 23.2. The molecule has 1 amide bonds. The number of piperazine rings is 1. The number of alkyl halides is 1. The number of fused-ring (bicyclic) bond motifs is 5. The van der Waals surface area contributed by atoms with E-state index in [1.165, 1.54) is 25.3 Å². The molecule has 4 aliphatic rings. The van der Waals surface area contributed by atoms with Gasteiger partial charge in [-0.3, -0.25) is 9.80 Å². The van der Waals surface area contributed by atoms with Crippen LogP contribution in [0.25, 0.3) is 32.8 Å². The van der Waals surface area contributed by atoms with Crippen molar-refractivity contribution in [2.75, 3.05) is 51.6 Å². The monoisotopic (exact) mass is 917 g/mol. The summed E-state index contributed by atoms with van der Waals surface area (Å²) in [6.07, 6.45) is 1.97. The lowest BCUT2D eigenvalue weighted by molar-refractivity contribution is 0.0122. The van der Waals surface area contributed by atoms with Gasteiger partial charge < -0.3 is 23.8 Å². The zero-order chi connectivity index (χ0) is 46.7. The lowest BCUT2D eigenvalue weighted by Crippen LogP contribution is -2.57. The van der Waals surface area contributed by atoms with Crippen LogP contribution in [0.1, 0.15) is 100.0 Å². The van der Waals surface area contributed by atoms with Gasteiger partial charge in [0.2, 0.25) is 0 Å². The summed E-state index contributed by atoms with van der Waals surface area (Å²) in [7, 11) is -0.929. The van der Waals surface area contributed by atoms with Crippen molar-refractivity contribution in [1.82, 2.24) is 19.8 Å². The molecule has 8 rings (SSSR count). The Labute approximate surface area is 381 Å². The Morgan fingerprint density at radius 3 is 2.28 bits per heavy atom. The van der Waals surface area contributed by atoms with Crippen LogP contribution in [0.5, 0.6) is 11.8 Å². The van der Waals surface area contributed by atoms with E-state index in [2.05, 4.69) is 62.9 Å². The van der Waals surface area contributed by atoms with Gasteiger partial charge in [0.15, 0.2) is 12.6 Å². The van der Waals surface area contributed by atoms with Crippen LogP contribution in [0, 0.1) is 28.9 Å². The van der Waals surface area contributed by atoms with E-state index in [4.69, 9.17) is 23.9 Å². The van der Waals surface area contributed by atoms with E-state index in [1.54, 1.807) is 17.0 Å². The second kappa shape index (κ2) is 17.9. The normalized spacial score (nSPS) is 22.4. The van der Waals surface area contributed by atoms with E-state index in [-0.39, 0.29) is 87.1 Å². The number of halogens is 4. The predicted octanol–water partition coefficient (Wildman–Crippen LogP) is 11.0. The number of anilines is 1. The second-order valence-electron chi connectivity index (χ2n) is 20.5. The average molecular weight is 918 g/mol. The maximum absolute atomic E-state index is 18.0. The van der Waals surface area contributed by atoms with E-state index >= 15 is 13.2 Å². The van der Waals surface area contributed by atoms with Crippen molar-refractivity contribution in [3.63, 3.8) is 0 Å². The predicted molar refractivity (Wildman–Crippen MR) is 248 cm³/mol. The molecule has 3 aromatic carbocycles. The molecular weight excluding hydrogens is 855 g/mol. The van der Waals surface area contributed by atoms with Crippen molar-refractivity contribution in [3.8, 4) is 34.4 Å². The molecule has 0 unspecified atom stereocenters. The first-order chi connectivity index (χ1) is 30.8. The SMILES string of the molecule is COCOc1cc(-c2c(F)cc3c(N4C[C@H]5CC[C@@H](C4)N5C(=O)OC(C)(C)C)nc(OC[C@@]45CCCN4C[C@H](F)C5)nc3c2F)c2c(C#C[Si](C(C)C)(C(C)C)C(C)C)c(F)ccc2c1. The van der Waals surface area contributed by atoms with Crippen molar-refractivity contribution in [3.05, 3.63) is 53.3 Å². The first-order valence-corrected chi connectivity index (χ1v) is 25.4. The van der Waals surface area contributed by atoms with Gasteiger partial charge in [0.05, 0.1) is 28.7 Å². The molecule has 5 heterocycles. The van der Waals surface area contributed by atoms with Gasteiger partial charge in [-0.2, -0.15) is 9.97 Å². The second-order valence-corrected chi connectivity index (χ2v) is 26.1. The van der Waals surface area contributed by atoms with Crippen LogP contribution in [-0.4, -0.2) is 110 Å². The number of amides is 1. The summed E-state index contributed by atoms with van der Waals surface area (Å²) < 4.78 is 89.8. The molecule has 15 heteroatoms. The highest BCUT2D eigenvalue weighted by molar-refractivity contribution is 6.90. The van der Waals surface area contributed by atoms with Crippen molar-refractivity contribution >= 4 is 41.7 Å². The summed E-state index contributed by atoms with van der Waals surface area (Å²) in [5.41, 5.74) is 2.56. The van der Waals surface area contributed by atoms with Gasteiger partial charge in [-0.1, -0.05) is 53.5 Å². The third-order valence-corrected chi connectivity index (χ3v) is 20.7. The quantitative estimate of drug-likeness (QED) is 0.0631. The van der Waals surface area contributed by atoms with Crippen molar-refractivity contribution in [1.29, 1.82) is 0 Å². The van der Waals surface area contributed by atoms with E-state index in [0.717, 1.165) is 19.4 Å². The van der Waals surface area contributed by atoms with Gasteiger partial charge in [-0.25, -0.2) is 22.4 Å². The molecule has 350 valence electrons. The Hall–Kier alpha value is -4.65. The zero-order valence-corrected chi connectivity index (χ0v) is 40.4. The molecule has 4 fully saturated rings. The Morgan fingerprint density at radius 1 is 0.938 bits per heavy atom. The van der Waals surface area contributed by atoms with Crippen LogP contribution in [0.15, 0.2) is 30.3 Å². The fourth-order valence-corrected chi connectivity index (χ4v) is 16.8. The van der Waals surface area contributed by atoms with Gasteiger partial charge in [0.25, 0.3) is 0 Å². The zero-order valence-electron chi connectivity index (χ0n) is 39.4. The number of carbonyl (C=O) groups is 1. The summed E-state index contributed by atoms with van der Waals surface area (Å²) >= 11 is 0. The molecule has 1 aromatic heterocycles. The molecular formula is C50H63F4N5O5Si. The van der Waals surface area contributed by atoms with Crippen molar-refractivity contribution < 1.29 is 41.3 Å². The number of hydrogen-bond acceptors (Lipinski definition) is 9. The van der Waals surface area contributed by atoms with Crippen molar-refractivity contribution in [2.45, 2.75) is 140 Å². The molecule has 4 aliphatic heterocycles. The highest BCUT2D eigenvalue weighted by Gasteiger charge is 2.50. The van der Waals surface area contributed by atoms with Crippen LogP contribution in [0.3, 0.4) is 0 Å². The minimum atomic E-state index is -2.40. The lowest BCUT2D eigenvalue weighted by atomic mass is 9.92. The van der Waals surface area contributed by atoms with Gasteiger partial charge in [-0.05, 0) is 99.3 Å². The molecule has 0 aliphatic carbocycles. The van der Waals surface area contributed by atoms with E-state index in [0.29, 0.717) is 44.3 Å². The molecule has 4 aromatic rings. The van der Waals surface area contributed by atoms with Crippen molar-refractivity contribution in [2.24, 2.45) is 0 Å². The number of methoxy groups -OCH3 is 1. The first kappa shape index (κ1) is 46.9. The summed E-state index contributed by atoms with van der Waals surface area (Å²) in [6, 6.07) is 6.68. The number of aromatic nitrogens is 2. The highest BCUT2D eigenvalue weighted by atomic mass is 28.3. The topological polar surface area (TPSA) is 89.5 Å². The van der Waals surface area contributed by atoms with E-state index in [1.807, 2.05) is 25.7 Å². The Balaban J connectivity index is 1.31. The Kier molecular flexibility index (Phi) is 12.9. The highest BCUT2D eigenvalue weighted by Crippen LogP contribution is 2.46. The number of carbonyl (C=O) groups excluding carboxylic acids is 1. The molecule has 0 N–H and O–H groups in total. The maximum atomic E-state index is 18.0. The average Bonchev–Trinajstić information content (AvgIpc) is 3.85. The molecule has 4 atom stereocenters. The van der Waals surface area contributed by atoms with Gasteiger partial charge in [0.1, 0.15) is 55.2 Å². The minimum absolute atomic E-state index is 0.0345. The van der Waals surface area contributed by atoms with Gasteiger partial charge >= 0.3 is 12.1 Å². The van der Waals surface area contributed by atoms with Gasteiger partial charge in [-0.15, -0.1) is 5.54 Å². The Morgan fingerprint density at radius 2 is 1.63 bits per heavy atom. The maximum Gasteiger partial charge on any atom is 0.410 e. The molecule has 0 spiro atoms. The number of hydrogen-bond donors (Lipinski definition) is 0. The van der Waals surface area contributed by atoms with Crippen LogP contribution in [0.4, 0.5) is 28.2 Å². The lowest BCUT2D eigenvalue weighted by Gasteiger charge is -2.42. The Bertz CT molecular complexity index is 2510. The third kappa shape index (κ3) is 8.63. The largest absolute Gasteiger partial charge is 0.468 e. The van der Waals surface area contributed by atoms with Gasteiger partial charge in [0, 0.05) is 49.5 Å². The smallest absolute Gasteiger partial charge is 0.410 e. The van der Waals surface area contributed by atoms with E-state index in [9.17, 15) is 9.18 Å². The fraction of sp³-hybridized carbons (Fsp3) is 0.580. The molecule has 65 heavy (non-hydrogen) atoms. The minimum Gasteiger partial charge on any atom is -0.468 e. The molecule has 4 saturated heterocycles. The summed E-state index contributed by atoms with van der Waals surface area (Å²) in [4.78, 5) is 28.8. The van der Waals surface area contributed by atoms with Crippen LogP contribution >= 0.6 is 0 Å². The van der Waals surface area contributed by atoms with Crippen LogP contribution in [0.2, 0.25) is 16.6 Å². The summed E-state index contributed by atoms with van der Waals surface area (Å²) in [5, 5.41) is 0.815. The third-order valence-electron chi connectivity index (χ3n) is 14.4. The number of ether oxygens (including phenoxy) is 4.